The van der Waals surface area contributed by atoms with Crippen LogP contribution in [0.25, 0.3) is 0 Å². The van der Waals surface area contributed by atoms with Crippen molar-refractivity contribution in [3.05, 3.63) is 71.3 Å². The molecule has 0 aliphatic heterocycles. The first-order valence-corrected chi connectivity index (χ1v) is 5.73. The molecule has 0 atom stereocenters. The van der Waals surface area contributed by atoms with E-state index in [1.54, 1.807) is 18.2 Å². The Hall–Kier alpha value is -2.95. The number of hydrogen-bond acceptors (Lipinski definition) is 4. The number of hydrogen-bond donors (Lipinski definition) is 1. The van der Waals surface area contributed by atoms with Crippen LogP contribution in [0, 0.1) is 0 Å². The molecule has 0 spiro atoms. The lowest BCUT2D eigenvalue weighted by molar-refractivity contribution is 0.0392. The smallest absolute Gasteiger partial charge is 0.346 e. The molecule has 0 unspecified atom stereocenters. The lowest BCUT2D eigenvalue weighted by atomic mass is 10.1. The van der Waals surface area contributed by atoms with Crippen molar-refractivity contribution in [2.75, 3.05) is 0 Å². The van der Waals surface area contributed by atoms with E-state index in [9.17, 15) is 14.4 Å². The van der Waals surface area contributed by atoms with Gasteiger partial charge in [0.2, 0.25) is 0 Å². The Kier molecular flexibility index (Phi) is 3.91. The molecule has 2 aromatic carbocycles. The largest absolute Gasteiger partial charge is 0.478 e. The molecular weight excluding hydrogens is 260 g/mol. The molecule has 100 valence electrons. The van der Waals surface area contributed by atoms with Crippen molar-refractivity contribution in [1.82, 2.24) is 0 Å². The Morgan fingerprint density at radius 1 is 0.750 bits per heavy atom. The summed E-state index contributed by atoms with van der Waals surface area (Å²) in [5.74, 6) is -3.07. The van der Waals surface area contributed by atoms with Crippen LogP contribution in [0.5, 0.6) is 0 Å². The third-order valence-corrected chi connectivity index (χ3v) is 2.57. The van der Waals surface area contributed by atoms with E-state index >= 15 is 0 Å². The molecule has 0 aliphatic carbocycles. The summed E-state index contributed by atoms with van der Waals surface area (Å²) in [6.45, 7) is 0. The Labute approximate surface area is 114 Å². The van der Waals surface area contributed by atoms with E-state index in [-0.39, 0.29) is 16.7 Å². The Morgan fingerprint density at radius 2 is 1.30 bits per heavy atom. The third kappa shape index (κ3) is 2.89. The topological polar surface area (TPSA) is 80.7 Å². The van der Waals surface area contributed by atoms with Gasteiger partial charge >= 0.3 is 17.9 Å². The van der Waals surface area contributed by atoms with Crippen molar-refractivity contribution in [2.45, 2.75) is 0 Å². The number of carboxylic acid groups (broad SMARTS) is 1. The maximum Gasteiger partial charge on any atom is 0.346 e. The molecule has 5 nitrogen and oxygen atoms in total. The van der Waals surface area contributed by atoms with Gasteiger partial charge in [0.1, 0.15) is 0 Å². The average molecular weight is 270 g/mol. The van der Waals surface area contributed by atoms with Gasteiger partial charge in [0.05, 0.1) is 16.7 Å². The lowest BCUT2D eigenvalue weighted by Gasteiger charge is -2.05. The molecule has 1 N–H and O–H groups in total. The SMILES string of the molecule is O=C(OC(=O)c1ccccc1C(=O)O)c1ccccc1. The van der Waals surface area contributed by atoms with Crippen LogP contribution in [0.4, 0.5) is 0 Å². The Morgan fingerprint density at radius 3 is 1.90 bits per heavy atom. The predicted molar refractivity (Wildman–Crippen MR) is 69.6 cm³/mol. The van der Waals surface area contributed by atoms with Crippen molar-refractivity contribution >= 4 is 17.9 Å². The summed E-state index contributed by atoms with van der Waals surface area (Å²) < 4.78 is 4.67. The normalized spacial score (nSPS) is 9.80. The molecule has 0 aliphatic rings. The molecule has 2 rings (SSSR count). The molecule has 20 heavy (non-hydrogen) atoms. The second kappa shape index (κ2) is 5.79. The molecular formula is C15H10O5. The number of aromatic carboxylic acids is 1. The summed E-state index contributed by atoms with van der Waals surface area (Å²) in [5, 5.41) is 8.97. The molecule has 0 saturated carbocycles. The monoisotopic (exact) mass is 270 g/mol. The summed E-state index contributed by atoms with van der Waals surface area (Å²) in [6.07, 6.45) is 0. The number of carbonyl (C=O) groups excluding carboxylic acids is 2. The fourth-order valence-corrected chi connectivity index (χ4v) is 1.62. The molecule has 2 aromatic rings. The number of esters is 2. The standard InChI is InChI=1S/C15H10O5/c16-13(17)11-8-4-5-9-12(11)15(19)20-14(18)10-6-2-1-3-7-10/h1-9H,(H,16,17). The first-order chi connectivity index (χ1) is 9.59. The minimum Gasteiger partial charge on any atom is -0.478 e. The van der Waals surface area contributed by atoms with Gasteiger partial charge in [-0.2, -0.15) is 0 Å². The van der Waals surface area contributed by atoms with Crippen LogP contribution in [0.1, 0.15) is 31.1 Å². The molecule has 0 heterocycles. The van der Waals surface area contributed by atoms with Crippen LogP contribution in [0.15, 0.2) is 54.6 Å². The van der Waals surface area contributed by atoms with E-state index in [4.69, 9.17) is 5.11 Å². The van der Waals surface area contributed by atoms with Gasteiger partial charge in [-0.05, 0) is 24.3 Å². The quantitative estimate of drug-likeness (QED) is 0.684. The van der Waals surface area contributed by atoms with E-state index in [1.807, 2.05) is 0 Å². The molecule has 0 bridgehead atoms. The molecule has 0 saturated heterocycles. The summed E-state index contributed by atoms with van der Waals surface area (Å²) in [6, 6.07) is 13.5. The van der Waals surface area contributed by atoms with Gasteiger partial charge in [0.15, 0.2) is 0 Å². The summed E-state index contributed by atoms with van der Waals surface area (Å²) in [5.41, 5.74) is -0.156. The second-order valence-corrected chi connectivity index (χ2v) is 3.89. The molecule has 0 fully saturated rings. The molecule has 0 amide bonds. The van der Waals surface area contributed by atoms with Crippen molar-refractivity contribution in [2.24, 2.45) is 0 Å². The highest BCUT2D eigenvalue weighted by molar-refractivity contribution is 6.07. The van der Waals surface area contributed by atoms with Crippen LogP contribution in [-0.4, -0.2) is 23.0 Å². The zero-order valence-corrected chi connectivity index (χ0v) is 10.3. The number of carbonyl (C=O) groups is 3. The number of benzene rings is 2. The Bertz CT molecular complexity index is 661. The fraction of sp³-hybridized carbons (Fsp3) is 0. The summed E-state index contributed by atoms with van der Waals surface area (Å²) in [4.78, 5) is 34.6. The van der Waals surface area contributed by atoms with Gasteiger partial charge in [-0.15, -0.1) is 0 Å². The Balaban J connectivity index is 2.21. The maximum absolute atomic E-state index is 11.8. The molecule has 5 heteroatoms. The summed E-state index contributed by atoms with van der Waals surface area (Å²) in [7, 11) is 0. The van der Waals surface area contributed by atoms with Gasteiger partial charge in [-0.25, -0.2) is 14.4 Å². The van der Waals surface area contributed by atoms with Gasteiger partial charge in [-0.3, -0.25) is 0 Å². The highest BCUT2D eigenvalue weighted by Gasteiger charge is 2.20. The van der Waals surface area contributed by atoms with Crippen LogP contribution in [-0.2, 0) is 4.74 Å². The zero-order valence-electron chi connectivity index (χ0n) is 10.3. The third-order valence-electron chi connectivity index (χ3n) is 2.57. The van der Waals surface area contributed by atoms with E-state index in [2.05, 4.69) is 4.74 Å². The van der Waals surface area contributed by atoms with Gasteiger partial charge in [-0.1, -0.05) is 30.3 Å². The van der Waals surface area contributed by atoms with Crippen molar-refractivity contribution in [3.8, 4) is 0 Å². The van der Waals surface area contributed by atoms with Gasteiger partial charge < -0.3 is 9.84 Å². The second-order valence-electron chi connectivity index (χ2n) is 3.89. The summed E-state index contributed by atoms with van der Waals surface area (Å²) >= 11 is 0. The fourth-order valence-electron chi connectivity index (χ4n) is 1.62. The number of carboxylic acids is 1. The van der Waals surface area contributed by atoms with Crippen molar-refractivity contribution < 1.29 is 24.2 Å². The predicted octanol–water partition coefficient (Wildman–Crippen LogP) is 2.38. The van der Waals surface area contributed by atoms with Crippen LogP contribution in [0.2, 0.25) is 0 Å². The van der Waals surface area contributed by atoms with Crippen LogP contribution >= 0.6 is 0 Å². The van der Waals surface area contributed by atoms with E-state index in [0.717, 1.165) is 0 Å². The van der Waals surface area contributed by atoms with Gasteiger partial charge in [0, 0.05) is 0 Å². The van der Waals surface area contributed by atoms with E-state index in [1.165, 1.54) is 36.4 Å². The highest BCUT2D eigenvalue weighted by atomic mass is 16.6. The van der Waals surface area contributed by atoms with E-state index < -0.39 is 17.9 Å². The molecule has 0 aromatic heterocycles. The molecule has 0 radical (unpaired) electrons. The van der Waals surface area contributed by atoms with E-state index in [0.29, 0.717) is 0 Å². The minimum atomic E-state index is -1.26. The van der Waals surface area contributed by atoms with Crippen molar-refractivity contribution in [3.63, 3.8) is 0 Å². The lowest BCUT2D eigenvalue weighted by Crippen LogP contribution is -2.16. The van der Waals surface area contributed by atoms with Gasteiger partial charge in [0.25, 0.3) is 0 Å². The number of rotatable bonds is 3. The maximum atomic E-state index is 11.8. The van der Waals surface area contributed by atoms with Crippen LogP contribution < -0.4 is 0 Å². The van der Waals surface area contributed by atoms with Crippen molar-refractivity contribution in [1.29, 1.82) is 0 Å². The minimum absolute atomic E-state index is 0.163. The average Bonchev–Trinajstić information content (AvgIpc) is 2.48. The first kappa shape index (κ1) is 13.5. The highest BCUT2D eigenvalue weighted by Crippen LogP contribution is 2.12. The van der Waals surface area contributed by atoms with Crippen LogP contribution in [0.3, 0.4) is 0 Å². The zero-order chi connectivity index (χ0) is 14.5. The first-order valence-electron chi connectivity index (χ1n) is 5.73. The number of ether oxygens (including phenoxy) is 1.